The van der Waals surface area contributed by atoms with Gasteiger partial charge in [0.2, 0.25) is 5.91 Å². The maximum Gasteiger partial charge on any atom is 0.238 e. The molecule has 2 fully saturated rings. The quantitative estimate of drug-likeness (QED) is 0.917. The van der Waals surface area contributed by atoms with Crippen molar-refractivity contribution in [1.82, 2.24) is 4.90 Å². The molecule has 3 rings (SSSR count). The molecule has 5 nitrogen and oxygen atoms in total. The Balaban J connectivity index is 1.46. The van der Waals surface area contributed by atoms with Gasteiger partial charge in [-0.15, -0.1) is 0 Å². The van der Waals surface area contributed by atoms with Gasteiger partial charge in [-0.2, -0.15) is 0 Å². The zero-order chi connectivity index (χ0) is 16.2. The van der Waals surface area contributed by atoms with Gasteiger partial charge in [0.15, 0.2) is 6.29 Å². The molecule has 2 heterocycles. The van der Waals surface area contributed by atoms with Crippen molar-refractivity contribution in [2.45, 2.75) is 26.1 Å². The van der Waals surface area contributed by atoms with E-state index < -0.39 is 0 Å². The number of hydrogen-bond donors (Lipinski definition) is 1. The van der Waals surface area contributed by atoms with Crippen LogP contribution in [0.2, 0.25) is 5.02 Å². The molecule has 0 bridgehead atoms. The molecule has 1 aromatic carbocycles. The van der Waals surface area contributed by atoms with Crippen molar-refractivity contribution in [2.24, 2.45) is 5.92 Å². The van der Waals surface area contributed by atoms with Gasteiger partial charge >= 0.3 is 0 Å². The molecule has 0 saturated carbocycles. The Bertz CT molecular complexity index is 553. The predicted octanol–water partition coefficient (Wildman–Crippen LogP) is 2.67. The van der Waals surface area contributed by atoms with E-state index in [1.54, 1.807) is 0 Å². The topological polar surface area (TPSA) is 50.8 Å². The molecule has 6 heteroatoms. The number of carbonyl (C=O) groups excluding carboxylic acids is 1. The minimum Gasteiger partial charge on any atom is -0.350 e. The first-order valence-electron chi connectivity index (χ1n) is 8.14. The average molecular weight is 339 g/mol. The summed E-state index contributed by atoms with van der Waals surface area (Å²) in [7, 11) is 0. The Morgan fingerprint density at radius 1 is 1.30 bits per heavy atom. The standard InChI is InChI=1S/C17H23ClN2O3/c1-12-14(18)3-2-4-15(12)19-16(21)11-20-7-5-13(6-8-20)17-22-9-10-23-17/h2-4,13,17H,5-11H2,1H3,(H,19,21). The second kappa shape index (κ2) is 7.62. The summed E-state index contributed by atoms with van der Waals surface area (Å²) in [5, 5.41) is 3.62. The zero-order valence-electron chi connectivity index (χ0n) is 13.4. The van der Waals surface area contributed by atoms with Crippen molar-refractivity contribution < 1.29 is 14.3 Å². The number of amides is 1. The van der Waals surface area contributed by atoms with E-state index in [0.29, 0.717) is 30.7 Å². The minimum absolute atomic E-state index is 0.00202. The van der Waals surface area contributed by atoms with Crippen molar-refractivity contribution in [3.05, 3.63) is 28.8 Å². The molecule has 2 aliphatic rings. The summed E-state index contributed by atoms with van der Waals surface area (Å²) in [4.78, 5) is 14.4. The normalized spacial score (nSPS) is 20.8. The number of likely N-dealkylation sites (tertiary alicyclic amines) is 1. The van der Waals surface area contributed by atoms with Gasteiger partial charge in [-0.3, -0.25) is 9.69 Å². The molecule has 2 saturated heterocycles. The van der Waals surface area contributed by atoms with Crippen LogP contribution in [-0.2, 0) is 14.3 Å². The lowest BCUT2D eigenvalue weighted by Gasteiger charge is -2.33. The number of ether oxygens (including phenoxy) is 2. The highest BCUT2D eigenvalue weighted by Crippen LogP contribution is 2.26. The van der Waals surface area contributed by atoms with Crippen LogP contribution in [0, 0.1) is 12.8 Å². The highest BCUT2D eigenvalue weighted by atomic mass is 35.5. The van der Waals surface area contributed by atoms with Gasteiger partial charge in [-0.05, 0) is 50.6 Å². The molecule has 2 aliphatic heterocycles. The lowest BCUT2D eigenvalue weighted by molar-refractivity contribution is -0.119. The number of rotatable bonds is 4. The first kappa shape index (κ1) is 16.7. The Hall–Kier alpha value is -1.14. The van der Waals surface area contributed by atoms with Gasteiger partial charge in [0.1, 0.15) is 0 Å². The molecule has 0 unspecified atom stereocenters. The third kappa shape index (κ3) is 4.23. The first-order valence-corrected chi connectivity index (χ1v) is 8.52. The van der Waals surface area contributed by atoms with Gasteiger partial charge < -0.3 is 14.8 Å². The van der Waals surface area contributed by atoms with Crippen LogP contribution in [-0.4, -0.2) is 49.9 Å². The number of benzene rings is 1. The Morgan fingerprint density at radius 2 is 2.00 bits per heavy atom. The van der Waals surface area contributed by atoms with Gasteiger partial charge in [0, 0.05) is 16.6 Å². The van der Waals surface area contributed by atoms with Crippen molar-refractivity contribution in [1.29, 1.82) is 0 Å². The number of halogens is 1. The second-order valence-electron chi connectivity index (χ2n) is 6.18. The summed E-state index contributed by atoms with van der Waals surface area (Å²) in [5.41, 5.74) is 1.68. The molecule has 1 amide bonds. The van der Waals surface area contributed by atoms with Gasteiger partial charge in [0.05, 0.1) is 19.8 Å². The largest absolute Gasteiger partial charge is 0.350 e. The summed E-state index contributed by atoms with van der Waals surface area (Å²) in [6, 6.07) is 5.54. The van der Waals surface area contributed by atoms with E-state index in [-0.39, 0.29) is 12.2 Å². The number of carbonyl (C=O) groups is 1. The third-order valence-electron chi connectivity index (χ3n) is 4.57. The fourth-order valence-corrected chi connectivity index (χ4v) is 3.34. The molecule has 0 aromatic heterocycles. The fourth-order valence-electron chi connectivity index (χ4n) is 3.17. The highest BCUT2D eigenvalue weighted by molar-refractivity contribution is 6.31. The van der Waals surface area contributed by atoms with E-state index in [2.05, 4.69) is 10.2 Å². The Kier molecular flexibility index (Phi) is 5.54. The number of piperidine rings is 1. The molecular weight excluding hydrogens is 316 g/mol. The van der Waals surface area contributed by atoms with Gasteiger partial charge in [-0.25, -0.2) is 0 Å². The van der Waals surface area contributed by atoms with Crippen LogP contribution < -0.4 is 5.32 Å². The van der Waals surface area contributed by atoms with E-state index in [1.807, 2.05) is 25.1 Å². The monoisotopic (exact) mass is 338 g/mol. The molecular formula is C17H23ClN2O3. The zero-order valence-corrected chi connectivity index (χ0v) is 14.1. The van der Waals surface area contributed by atoms with Crippen LogP contribution in [0.4, 0.5) is 5.69 Å². The van der Waals surface area contributed by atoms with E-state index in [9.17, 15) is 4.79 Å². The summed E-state index contributed by atoms with van der Waals surface area (Å²) in [5.74, 6) is 0.453. The van der Waals surface area contributed by atoms with E-state index in [1.165, 1.54) is 0 Å². The number of nitrogens with one attached hydrogen (secondary N) is 1. The molecule has 0 aliphatic carbocycles. The summed E-state index contributed by atoms with van der Waals surface area (Å²) < 4.78 is 11.2. The molecule has 1 aromatic rings. The van der Waals surface area contributed by atoms with E-state index >= 15 is 0 Å². The van der Waals surface area contributed by atoms with E-state index in [0.717, 1.165) is 37.2 Å². The smallest absolute Gasteiger partial charge is 0.238 e. The van der Waals surface area contributed by atoms with Crippen LogP contribution in [0.25, 0.3) is 0 Å². The molecule has 126 valence electrons. The second-order valence-corrected chi connectivity index (χ2v) is 6.59. The summed E-state index contributed by atoms with van der Waals surface area (Å²) >= 11 is 6.08. The lowest BCUT2D eigenvalue weighted by Crippen LogP contribution is -2.41. The van der Waals surface area contributed by atoms with Crippen LogP contribution in [0.15, 0.2) is 18.2 Å². The highest BCUT2D eigenvalue weighted by Gasteiger charge is 2.30. The maximum atomic E-state index is 12.2. The van der Waals surface area contributed by atoms with Crippen LogP contribution in [0.3, 0.4) is 0 Å². The van der Waals surface area contributed by atoms with E-state index in [4.69, 9.17) is 21.1 Å². The maximum absolute atomic E-state index is 12.2. The summed E-state index contributed by atoms with van der Waals surface area (Å²) in [6.45, 7) is 5.51. The number of anilines is 1. The van der Waals surface area contributed by atoms with Crippen molar-refractivity contribution in [2.75, 3.05) is 38.2 Å². The Labute approximate surface area is 141 Å². The lowest BCUT2D eigenvalue weighted by atomic mass is 9.96. The van der Waals surface area contributed by atoms with Gasteiger partial charge in [-0.1, -0.05) is 17.7 Å². The number of nitrogens with zero attached hydrogens (tertiary/aromatic N) is 1. The molecule has 1 N–H and O–H groups in total. The van der Waals surface area contributed by atoms with Crippen LogP contribution >= 0.6 is 11.6 Å². The van der Waals surface area contributed by atoms with Crippen LogP contribution in [0.5, 0.6) is 0 Å². The molecule has 0 atom stereocenters. The van der Waals surface area contributed by atoms with Crippen molar-refractivity contribution in [3.8, 4) is 0 Å². The summed E-state index contributed by atoms with van der Waals surface area (Å²) in [6.07, 6.45) is 1.97. The fraction of sp³-hybridized carbons (Fsp3) is 0.588. The third-order valence-corrected chi connectivity index (χ3v) is 4.98. The first-order chi connectivity index (χ1) is 11.1. The number of hydrogen-bond acceptors (Lipinski definition) is 4. The van der Waals surface area contributed by atoms with Crippen molar-refractivity contribution >= 4 is 23.2 Å². The van der Waals surface area contributed by atoms with Gasteiger partial charge in [0.25, 0.3) is 0 Å². The molecule has 23 heavy (non-hydrogen) atoms. The Morgan fingerprint density at radius 3 is 2.70 bits per heavy atom. The van der Waals surface area contributed by atoms with Crippen molar-refractivity contribution in [3.63, 3.8) is 0 Å². The average Bonchev–Trinajstić information content (AvgIpc) is 3.07. The predicted molar refractivity (Wildman–Crippen MR) is 89.7 cm³/mol. The van der Waals surface area contributed by atoms with Crippen LogP contribution in [0.1, 0.15) is 18.4 Å². The minimum atomic E-state index is -0.0416. The molecule has 0 spiro atoms. The SMILES string of the molecule is Cc1c(Cl)cccc1NC(=O)CN1CCC(C2OCCO2)CC1. The molecule has 0 radical (unpaired) electrons.